The zero-order valence-corrected chi connectivity index (χ0v) is 18.2. The van der Waals surface area contributed by atoms with E-state index < -0.39 is 29.4 Å². The van der Waals surface area contributed by atoms with Gasteiger partial charge in [-0.15, -0.1) is 0 Å². The number of halogens is 2. The Morgan fingerprint density at radius 3 is 2.61 bits per heavy atom. The number of rotatable bonds is 7. The van der Waals surface area contributed by atoms with Crippen LogP contribution in [0.5, 0.6) is 11.5 Å². The number of nitrogens with zero attached hydrogens (tertiary/aromatic N) is 1. The van der Waals surface area contributed by atoms with Crippen molar-refractivity contribution in [2.24, 2.45) is 0 Å². The molecule has 0 aromatic heterocycles. The van der Waals surface area contributed by atoms with Crippen LogP contribution in [0.3, 0.4) is 0 Å². The number of hydrogen-bond acceptors (Lipinski definition) is 6. The van der Waals surface area contributed by atoms with Gasteiger partial charge in [0, 0.05) is 5.69 Å². The van der Waals surface area contributed by atoms with E-state index in [1.165, 1.54) is 37.5 Å². The molecule has 1 aliphatic rings. The summed E-state index contributed by atoms with van der Waals surface area (Å²) in [5.41, 5.74) is 0.890. The third kappa shape index (κ3) is 5.36. The molecule has 3 amide bonds. The molecule has 1 N–H and O–H groups in total. The molecule has 2 aromatic carbocycles. The summed E-state index contributed by atoms with van der Waals surface area (Å²) in [6.07, 6.45) is 1.50. The van der Waals surface area contributed by atoms with Crippen LogP contribution in [0.2, 0.25) is 5.02 Å². The fraction of sp³-hybridized carbons (Fsp3) is 0.190. The monoisotopic (exact) mass is 464 g/mol. The predicted molar refractivity (Wildman–Crippen MR) is 117 cm³/mol. The predicted octanol–water partition coefficient (Wildman–Crippen LogP) is 4.56. The Bertz CT molecular complexity index is 1060. The average molecular weight is 465 g/mol. The Morgan fingerprint density at radius 1 is 1.26 bits per heavy atom. The van der Waals surface area contributed by atoms with E-state index in [9.17, 15) is 18.8 Å². The van der Waals surface area contributed by atoms with Crippen molar-refractivity contribution in [3.63, 3.8) is 0 Å². The highest BCUT2D eigenvalue weighted by molar-refractivity contribution is 8.18. The Morgan fingerprint density at radius 2 is 1.97 bits per heavy atom. The van der Waals surface area contributed by atoms with Gasteiger partial charge in [0.25, 0.3) is 11.1 Å². The smallest absolute Gasteiger partial charge is 0.294 e. The van der Waals surface area contributed by atoms with E-state index in [2.05, 4.69) is 5.32 Å². The highest BCUT2D eigenvalue weighted by Gasteiger charge is 2.36. The lowest BCUT2D eigenvalue weighted by molar-refractivity contribution is -0.127. The second kappa shape index (κ2) is 9.84. The third-order valence-electron chi connectivity index (χ3n) is 4.14. The van der Waals surface area contributed by atoms with Gasteiger partial charge in [0.2, 0.25) is 5.91 Å². The molecule has 2 aromatic rings. The van der Waals surface area contributed by atoms with Crippen LogP contribution >= 0.6 is 23.4 Å². The molecule has 1 saturated heterocycles. The first-order chi connectivity index (χ1) is 14.8. The third-order valence-corrected chi connectivity index (χ3v) is 5.33. The molecule has 0 aliphatic carbocycles. The van der Waals surface area contributed by atoms with Gasteiger partial charge in [-0.2, -0.15) is 0 Å². The molecule has 7 nitrogen and oxygen atoms in total. The first-order valence-corrected chi connectivity index (χ1v) is 10.3. The standard InChI is InChI=1S/C21H18ClFN2O5S/c1-3-30-16-9-12(8-15(22)19(16)29-2)10-17-20(27)25(21(28)31-17)11-18(26)24-14-6-4-13(23)5-7-14/h4-10H,3,11H2,1-2H3,(H,24,26)/b17-10-. The molecule has 0 unspecified atom stereocenters. The fourth-order valence-electron chi connectivity index (χ4n) is 2.80. The van der Waals surface area contributed by atoms with Crippen LogP contribution in [-0.4, -0.2) is 42.2 Å². The number of ether oxygens (including phenoxy) is 2. The molecule has 162 valence electrons. The zero-order chi connectivity index (χ0) is 22.5. The SMILES string of the molecule is CCOc1cc(/C=C2\SC(=O)N(CC(=O)Nc3ccc(F)cc3)C2=O)cc(Cl)c1OC. The maximum absolute atomic E-state index is 13.0. The number of methoxy groups -OCH3 is 1. The number of hydrogen-bond donors (Lipinski definition) is 1. The Labute approximate surface area is 187 Å². The maximum Gasteiger partial charge on any atom is 0.294 e. The van der Waals surface area contributed by atoms with Crippen molar-refractivity contribution in [3.8, 4) is 11.5 Å². The van der Waals surface area contributed by atoms with Crippen molar-refractivity contribution >= 4 is 52.2 Å². The zero-order valence-electron chi connectivity index (χ0n) is 16.6. The first kappa shape index (κ1) is 22.6. The second-order valence-corrected chi connectivity index (χ2v) is 7.69. The van der Waals surface area contributed by atoms with Crippen LogP contribution in [0.4, 0.5) is 14.9 Å². The van der Waals surface area contributed by atoms with Crippen LogP contribution in [0.15, 0.2) is 41.3 Å². The minimum atomic E-state index is -0.603. The number of imide groups is 1. The Kier molecular flexibility index (Phi) is 7.19. The number of amides is 3. The summed E-state index contributed by atoms with van der Waals surface area (Å²) < 4.78 is 23.7. The van der Waals surface area contributed by atoms with Gasteiger partial charge in [0.05, 0.1) is 23.6 Å². The number of carbonyl (C=O) groups excluding carboxylic acids is 3. The first-order valence-electron chi connectivity index (χ1n) is 9.13. The normalized spacial score (nSPS) is 14.8. The van der Waals surface area contributed by atoms with Crippen molar-refractivity contribution in [3.05, 3.63) is 57.7 Å². The number of thioether (sulfide) groups is 1. The fourth-order valence-corrected chi connectivity index (χ4v) is 3.93. The van der Waals surface area contributed by atoms with Crippen molar-refractivity contribution in [1.29, 1.82) is 0 Å². The van der Waals surface area contributed by atoms with Gasteiger partial charge in [0.1, 0.15) is 12.4 Å². The van der Waals surface area contributed by atoms with E-state index in [1.54, 1.807) is 12.1 Å². The summed E-state index contributed by atoms with van der Waals surface area (Å²) in [5, 5.41) is 2.23. The molecule has 1 heterocycles. The molecule has 1 fully saturated rings. The molecule has 0 bridgehead atoms. The molecule has 3 rings (SSSR count). The van der Waals surface area contributed by atoms with Gasteiger partial charge >= 0.3 is 0 Å². The average Bonchev–Trinajstić information content (AvgIpc) is 2.97. The number of carbonyl (C=O) groups is 3. The van der Waals surface area contributed by atoms with Crippen LogP contribution in [0.1, 0.15) is 12.5 Å². The summed E-state index contributed by atoms with van der Waals surface area (Å²) in [4.78, 5) is 38.1. The van der Waals surface area contributed by atoms with Crippen molar-refractivity contribution in [2.75, 3.05) is 25.6 Å². The quantitative estimate of drug-likeness (QED) is 0.604. The van der Waals surface area contributed by atoms with Gasteiger partial charge in [-0.1, -0.05) is 11.6 Å². The van der Waals surface area contributed by atoms with Crippen LogP contribution < -0.4 is 14.8 Å². The van der Waals surface area contributed by atoms with Crippen molar-refractivity contribution in [2.45, 2.75) is 6.92 Å². The summed E-state index contributed by atoms with van der Waals surface area (Å²) in [5.74, 6) is -0.858. The van der Waals surface area contributed by atoms with Crippen molar-refractivity contribution in [1.82, 2.24) is 4.90 Å². The lowest BCUT2D eigenvalue weighted by Crippen LogP contribution is -2.36. The topological polar surface area (TPSA) is 84.9 Å². The molecule has 0 spiro atoms. The number of anilines is 1. The van der Waals surface area contributed by atoms with Crippen LogP contribution in [-0.2, 0) is 9.59 Å². The van der Waals surface area contributed by atoms with E-state index in [-0.39, 0.29) is 9.93 Å². The minimum absolute atomic E-state index is 0.142. The van der Waals surface area contributed by atoms with Crippen molar-refractivity contribution < 1.29 is 28.2 Å². The highest BCUT2D eigenvalue weighted by atomic mass is 35.5. The van der Waals surface area contributed by atoms with E-state index in [0.717, 1.165) is 4.90 Å². The van der Waals surface area contributed by atoms with Crippen LogP contribution in [0.25, 0.3) is 6.08 Å². The molecule has 0 atom stereocenters. The molecule has 10 heteroatoms. The molecule has 31 heavy (non-hydrogen) atoms. The van der Waals surface area contributed by atoms with Crippen LogP contribution in [0, 0.1) is 5.82 Å². The van der Waals surface area contributed by atoms with E-state index in [4.69, 9.17) is 21.1 Å². The summed E-state index contributed by atoms with van der Waals surface area (Å²) in [6, 6.07) is 8.36. The molecule has 1 aliphatic heterocycles. The second-order valence-electron chi connectivity index (χ2n) is 6.29. The van der Waals surface area contributed by atoms with Gasteiger partial charge < -0.3 is 14.8 Å². The maximum atomic E-state index is 13.0. The molecular formula is C21H18ClFN2O5S. The van der Waals surface area contributed by atoms with E-state index >= 15 is 0 Å². The number of benzene rings is 2. The van der Waals surface area contributed by atoms with Gasteiger partial charge in [-0.25, -0.2) is 4.39 Å². The lowest BCUT2D eigenvalue weighted by Gasteiger charge is -2.13. The molecule has 0 saturated carbocycles. The Balaban J connectivity index is 1.75. The van der Waals surface area contributed by atoms with E-state index in [0.29, 0.717) is 41.1 Å². The lowest BCUT2D eigenvalue weighted by atomic mass is 10.1. The summed E-state index contributed by atoms with van der Waals surface area (Å²) in [6.45, 7) is 1.73. The summed E-state index contributed by atoms with van der Waals surface area (Å²) >= 11 is 6.94. The Hall–Kier alpha value is -3.04. The van der Waals surface area contributed by atoms with Gasteiger partial charge in [-0.3, -0.25) is 19.3 Å². The molecule has 0 radical (unpaired) electrons. The van der Waals surface area contributed by atoms with Gasteiger partial charge in [0.15, 0.2) is 11.5 Å². The summed E-state index contributed by atoms with van der Waals surface area (Å²) in [7, 11) is 1.46. The minimum Gasteiger partial charge on any atom is -0.491 e. The largest absolute Gasteiger partial charge is 0.491 e. The number of nitrogens with one attached hydrogen (secondary N) is 1. The van der Waals surface area contributed by atoms with E-state index in [1.807, 2.05) is 6.92 Å². The molecular weight excluding hydrogens is 447 g/mol. The van der Waals surface area contributed by atoms with Gasteiger partial charge in [-0.05, 0) is 66.7 Å². The highest BCUT2D eigenvalue weighted by Crippen LogP contribution is 2.38.